The summed E-state index contributed by atoms with van der Waals surface area (Å²) in [5.41, 5.74) is 0. The minimum absolute atomic E-state index is 0.0389. The first-order chi connectivity index (χ1) is 13.4. The van der Waals surface area contributed by atoms with Crippen LogP contribution in [0.1, 0.15) is 64.2 Å². The number of hydrogen-bond acceptors (Lipinski definition) is 6. The van der Waals surface area contributed by atoms with E-state index in [0.717, 1.165) is 78.2 Å². The first-order valence-corrected chi connectivity index (χ1v) is 11.1. The Morgan fingerprint density at radius 2 is 1.52 bits per heavy atom. The zero-order chi connectivity index (χ0) is 18.6. The van der Waals surface area contributed by atoms with Crippen LogP contribution >= 0.6 is 0 Å². The highest BCUT2D eigenvalue weighted by atomic mass is 16.7. The third-order valence-electron chi connectivity index (χ3n) is 5.32. The van der Waals surface area contributed by atoms with Gasteiger partial charge in [0.25, 0.3) is 0 Å². The molecule has 3 aliphatic heterocycles. The molecule has 3 saturated heterocycles. The van der Waals surface area contributed by atoms with Gasteiger partial charge in [0.05, 0.1) is 38.1 Å². The molecule has 0 aromatic carbocycles. The summed E-state index contributed by atoms with van der Waals surface area (Å²) < 4.78 is 33.8. The van der Waals surface area contributed by atoms with E-state index in [-0.39, 0.29) is 12.4 Å². The van der Waals surface area contributed by atoms with Gasteiger partial charge in [-0.15, -0.1) is 0 Å². The van der Waals surface area contributed by atoms with E-state index in [9.17, 15) is 0 Å². The largest absolute Gasteiger partial charge is 0.381 e. The fourth-order valence-electron chi connectivity index (χ4n) is 3.37. The van der Waals surface area contributed by atoms with Gasteiger partial charge >= 0.3 is 0 Å². The first-order valence-electron chi connectivity index (χ1n) is 11.1. The van der Waals surface area contributed by atoms with Crippen molar-refractivity contribution in [1.82, 2.24) is 0 Å². The van der Waals surface area contributed by atoms with Crippen LogP contribution in [0.4, 0.5) is 0 Å². The normalized spacial score (nSPS) is 28.2. The summed E-state index contributed by atoms with van der Waals surface area (Å²) in [6.45, 7) is 5.79. The lowest BCUT2D eigenvalue weighted by atomic mass is 10.1. The van der Waals surface area contributed by atoms with Crippen molar-refractivity contribution in [3.05, 3.63) is 0 Å². The molecular weight excluding hydrogens is 348 g/mol. The highest BCUT2D eigenvalue weighted by Crippen LogP contribution is 2.19. The molecule has 3 heterocycles. The van der Waals surface area contributed by atoms with Crippen LogP contribution in [0.3, 0.4) is 0 Å². The van der Waals surface area contributed by atoms with E-state index in [2.05, 4.69) is 0 Å². The summed E-state index contributed by atoms with van der Waals surface area (Å²) in [5, 5.41) is 0. The van der Waals surface area contributed by atoms with E-state index in [1.54, 1.807) is 0 Å². The Balaban J connectivity index is 1.19. The van der Waals surface area contributed by atoms with Gasteiger partial charge in [-0.25, -0.2) is 0 Å². The molecule has 3 aliphatic rings. The van der Waals surface area contributed by atoms with Crippen LogP contribution in [0.5, 0.6) is 0 Å². The van der Waals surface area contributed by atoms with Crippen LogP contribution in [-0.2, 0) is 28.4 Å². The number of hydrogen-bond donors (Lipinski definition) is 0. The Morgan fingerprint density at radius 1 is 0.778 bits per heavy atom. The highest BCUT2D eigenvalue weighted by Gasteiger charge is 2.23. The maximum absolute atomic E-state index is 6.19. The van der Waals surface area contributed by atoms with Crippen LogP contribution < -0.4 is 0 Å². The summed E-state index contributed by atoms with van der Waals surface area (Å²) in [5.74, 6) is 0. The van der Waals surface area contributed by atoms with Crippen molar-refractivity contribution in [2.24, 2.45) is 0 Å². The lowest BCUT2D eigenvalue weighted by molar-refractivity contribution is -0.199. The van der Waals surface area contributed by atoms with Gasteiger partial charge in [0.15, 0.2) is 6.29 Å². The fourth-order valence-corrected chi connectivity index (χ4v) is 3.37. The number of unbranched alkanes of at least 4 members (excludes halogenated alkanes) is 3. The third kappa shape index (κ3) is 10.8. The molecular formula is C21H38O6. The molecule has 6 heteroatoms. The third-order valence-corrected chi connectivity index (χ3v) is 5.32. The van der Waals surface area contributed by atoms with E-state index >= 15 is 0 Å². The molecule has 0 spiro atoms. The summed E-state index contributed by atoms with van der Waals surface area (Å²) in [7, 11) is 0. The zero-order valence-corrected chi connectivity index (χ0v) is 16.8. The van der Waals surface area contributed by atoms with Crippen LogP contribution in [0.15, 0.2) is 0 Å². The molecule has 0 bridgehead atoms. The van der Waals surface area contributed by atoms with Crippen LogP contribution in [0.25, 0.3) is 0 Å². The van der Waals surface area contributed by atoms with Crippen molar-refractivity contribution in [2.45, 2.75) is 88.8 Å². The molecule has 3 fully saturated rings. The maximum atomic E-state index is 6.19. The predicted molar refractivity (Wildman–Crippen MR) is 102 cm³/mol. The Labute approximate surface area is 164 Å². The second-order valence-corrected chi connectivity index (χ2v) is 7.93. The predicted octanol–water partition coefficient (Wildman–Crippen LogP) is 3.46. The zero-order valence-electron chi connectivity index (χ0n) is 16.8. The quantitative estimate of drug-likeness (QED) is 0.282. The van der Waals surface area contributed by atoms with Crippen molar-refractivity contribution in [2.75, 3.05) is 46.2 Å². The van der Waals surface area contributed by atoms with Gasteiger partial charge in [0, 0.05) is 26.4 Å². The van der Waals surface area contributed by atoms with Crippen molar-refractivity contribution in [3.8, 4) is 0 Å². The van der Waals surface area contributed by atoms with Gasteiger partial charge in [0.1, 0.15) is 0 Å². The Morgan fingerprint density at radius 3 is 2.22 bits per heavy atom. The van der Waals surface area contributed by atoms with Crippen molar-refractivity contribution in [1.29, 1.82) is 0 Å². The molecule has 3 rings (SSSR count). The van der Waals surface area contributed by atoms with Crippen molar-refractivity contribution < 1.29 is 28.4 Å². The summed E-state index contributed by atoms with van der Waals surface area (Å²) in [4.78, 5) is 0. The van der Waals surface area contributed by atoms with E-state index in [0.29, 0.717) is 18.8 Å². The average molecular weight is 387 g/mol. The standard InChI is InChI=1S/C21H38O6/c1(2-5-11-22-13-9-18-16-25-18)3-7-20(15-23-14-10-19-17-26-19)27-21-8-4-6-12-24-21/h18-21H,1-17H2. The van der Waals surface area contributed by atoms with Gasteiger partial charge < -0.3 is 28.4 Å². The monoisotopic (exact) mass is 386 g/mol. The molecule has 4 unspecified atom stereocenters. The molecule has 27 heavy (non-hydrogen) atoms. The van der Waals surface area contributed by atoms with Gasteiger partial charge in [-0.1, -0.05) is 19.3 Å². The Kier molecular flexibility index (Phi) is 10.4. The van der Waals surface area contributed by atoms with Crippen LogP contribution in [-0.4, -0.2) is 70.9 Å². The average Bonchev–Trinajstić information content (AvgIpc) is 3.59. The van der Waals surface area contributed by atoms with Crippen molar-refractivity contribution >= 4 is 0 Å². The summed E-state index contributed by atoms with van der Waals surface area (Å²) in [6, 6.07) is 0. The smallest absolute Gasteiger partial charge is 0.158 e. The molecule has 0 N–H and O–H groups in total. The van der Waals surface area contributed by atoms with Gasteiger partial charge in [-0.2, -0.15) is 0 Å². The highest BCUT2D eigenvalue weighted by molar-refractivity contribution is 4.69. The number of epoxide rings is 2. The second kappa shape index (κ2) is 13.1. The van der Waals surface area contributed by atoms with E-state index in [1.165, 1.54) is 25.7 Å². The first kappa shape index (κ1) is 21.5. The molecule has 0 aromatic heterocycles. The summed E-state index contributed by atoms with van der Waals surface area (Å²) >= 11 is 0. The Bertz CT molecular complexity index is 366. The molecule has 0 saturated carbocycles. The van der Waals surface area contributed by atoms with Crippen LogP contribution in [0, 0.1) is 0 Å². The lowest BCUT2D eigenvalue weighted by Gasteiger charge is -2.28. The van der Waals surface area contributed by atoms with Gasteiger partial charge in [0.2, 0.25) is 0 Å². The fraction of sp³-hybridized carbons (Fsp3) is 1.00. The topological polar surface area (TPSA) is 62.0 Å². The molecule has 0 radical (unpaired) electrons. The summed E-state index contributed by atoms with van der Waals surface area (Å²) in [6.07, 6.45) is 12.2. The molecule has 6 nitrogen and oxygen atoms in total. The van der Waals surface area contributed by atoms with Crippen molar-refractivity contribution in [3.63, 3.8) is 0 Å². The minimum atomic E-state index is -0.0389. The number of ether oxygens (including phenoxy) is 6. The number of rotatable bonds is 17. The van der Waals surface area contributed by atoms with E-state index < -0.39 is 0 Å². The molecule has 158 valence electrons. The molecule has 0 aliphatic carbocycles. The SMILES string of the molecule is C(CCCC(COCCC1CO1)OC1CCCCO1)CCOCCC1CO1. The van der Waals surface area contributed by atoms with E-state index in [4.69, 9.17) is 28.4 Å². The molecule has 4 atom stereocenters. The second-order valence-electron chi connectivity index (χ2n) is 7.93. The van der Waals surface area contributed by atoms with Crippen LogP contribution in [0.2, 0.25) is 0 Å². The van der Waals surface area contributed by atoms with Gasteiger partial charge in [-0.05, 0) is 44.9 Å². The molecule has 0 aromatic rings. The van der Waals surface area contributed by atoms with E-state index in [1.807, 2.05) is 0 Å². The Hall–Kier alpha value is -0.240. The molecule has 0 amide bonds. The maximum Gasteiger partial charge on any atom is 0.158 e. The van der Waals surface area contributed by atoms with Gasteiger partial charge in [-0.3, -0.25) is 0 Å². The minimum Gasteiger partial charge on any atom is -0.381 e. The lowest BCUT2D eigenvalue weighted by Crippen LogP contribution is -2.31.